The lowest BCUT2D eigenvalue weighted by Crippen LogP contribution is -2.10. The van der Waals surface area contributed by atoms with E-state index in [1.54, 1.807) is 0 Å². The molecule has 0 aliphatic rings. The summed E-state index contributed by atoms with van der Waals surface area (Å²) >= 11 is 0. The van der Waals surface area contributed by atoms with E-state index in [0.29, 0.717) is 0 Å². The zero-order valence-corrected chi connectivity index (χ0v) is 24.0. The van der Waals surface area contributed by atoms with Crippen LogP contribution in [0.1, 0.15) is 0 Å². The lowest BCUT2D eigenvalue weighted by Gasteiger charge is -2.27. The zero-order valence-electron chi connectivity index (χ0n) is 24.0. The molecule has 9 rings (SSSR count). The van der Waals surface area contributed by atoms with Crippen molar-refractivity contribution in [1.82, 2.24) is 0 Å². The van der Waals surface area contributed by atoms with Crippen molar-refractivity contribution >= 4 is 82.3 Å². The maximum absolute atomic E-state index is 3.76. The van der Waals surface area contributed by atoms with Gasteiger partial charge in [-0.25, -0.2) is 0 Å². The van der Waals surface area contributed by atoms with Crippen LogP contribution in [-0.4, -0.2) is 0 Å². The van der Waals surface area contributed by atoms with E-state index in [2.05, 4.69) is 174 Å². The molecule has 0 fully saturated rings. The second-order valence-corrected chi connectivity index (χ2v) is 11.4. The molecule has 0 heterocycles. The average Bonchev–Trinajstić information content (AvgIpc) is 3.09. The summed E-state index contributed by atoms with van der Waals surface area (Å²) in [7, 11) is 0. The molecule has 2 heteroatoms. The van der Waals surface area contributed by atoms with Crippen LogP contribution < -0.4 is 10.2 Å². The summed E-state index contributed by atoms with van der Waals surface area (Å²) in [5.41, 5.74) is 5.56. The topological polar surface area (TPSA) is 15.3 Å². The maximum atomic E-state index is 3.76. The summed E-state index contributed by atoms with van der Waals surface area (Å²) < 4.78 is 0. The Labute approximate surface area is 255 Å². The molecule has 0 radical (unpaired) electrons. The predicted molar refractivity (Wildman–Crippen MR) is 190 cm³/mol. The molecule has 0 bridgehead atoms. The van der Waals surface area contributed by atoms with Crippen molar-refractivity contribution in [2.75, 3.05) is 10.2 Å². The largest absolute Gasteiger partial charge is 0.355 e. The van der Waals surface area contributed by atoms with Gasteiger partial charge in [-0.15, -0.1) is 0 Å². The fourth-order valence-corrected chi connectivity index (χ4v) is 7.01. The molecule has 0 saturated heterocycles. The minimum absolute atomic E-state index is 1.05. The number of anilines is 5. The number of benzene rings is 9. The molecule has 9 aromatic rings. The molecule has 0 unspecified atom stereocenters. The van der Waals surface area contributed by atoms with Crippen LogP contribution in [0.4, 0.5) is 28.4 Å². The Kier molecular flexibility index (Phi) is 5.54. The summed E-state index contributed by atoms with van der Waals surface area (Å²) in [6.07, 6.45) is 0. The van der Waals surface area contributed by atoms with E-state index in [4.69, 9.17) is 0 Å². The average molecular weight is 561 g/mol. The number of rotatable bonds is 5. The van der Waals surface area contributed by atoms with Gasteiger partial charge in [-0.05, 0) is 91.6 Å². The van der Waals surface area contributed by atoms with E-state index in [0.717, 1.165) is 28.4 Å². The molecule has 1 N–H and O–H groups in total. The zero-order chi connectivity index (χ0) is 29.0. The first kappa shape index (κ1) is 24.7. The van der Waals surface area contributed by atoms with Crippen LogP contribution >= 0.6 is 0 Å². The van der Waals surface area contributed by atoms with Crippen molar-refractivity contribution < 1.29 is 0 Å². The van der Waals surface area contributed by atoms with E-state index in [1.165, 1.54) is 53.9 Å². The van der Waals surface area contributed by atoms with E-state index < -0.39 is 0 Å². The van der Waals surface area contributed by atoms with Gasteiger partial charge in [0.1, 0.15) is 0 Å². The molecule has 0 atom stereocenters. The first-order valence-corrected chi connectivity index (χ1v) is 15.1. The Balaban J connectivity index is 1.15. The minimum atomic E-state index is 1.05. The first-order chi connectivity index (χ1) is 21.8. The van der Waals surface area contributed by atoms with Gasteiger partial charge in [0.25, 0.3) is 0 Å². The third kappa shape index (κ3) is 3.82. The first-order valence-electron chi connectivity index (χ1n) is 15.1. The Morgan fingerprint density at radius 2 is 0.886 bits per heavy atom. The summed E-state index contributed by atoms with van der Waals surface area (Å²) in [5.74, 6) is 0. The molecule has 0 spiro atoms. The van der Waals surface area contributed by atoms with Crippen molar-refractivity contribution in [3.8, 4) is 0 Å². The number of nitrogens with one attached hydrogen (secondary N) is 1. The number of fused-ring (bicyclic) bond motifs is 3. The van der Waals surface area contributed by atoms with Crippen molar-refractivity contribution in [2.24, 2.45) is 0 Å². The third-order valence-corrected chi connectivity index (χ3v) is 8.95. The molecule has 9 aromatic carbocycles. The Morgan fingerprint density at radius 3 is 1.68 bits per heavy atom. The van der Waals surface area contributed by atoms with Gasteiger partial charge in [-0.1, -0.05) is 115 Å². The van der Waals surface area contributed by atoms with E-state index in [1.807, 2.05) is 0 Å². The van der Waals surface area contributed by atoms with Gasteiger partial charge >= 0.3 is 0 Å². The Morgan fingerprint density at radius 1 is 0.341 bits per heavy atom. The summed E-state index contributed by atoms with van der Waals surface area (Å²) in [4.78, 5) is 2.34. The molecule has 0 aliphatic carbocycles. The van der Waals surface area contributed by atoms with Gasteiger partial charge in [0, 0.05) is 33.5 Å². The smallest absolute Gasteiger partial charge is 0.0540 e. The van der Waals surface area contributed by atoms with Crippen LogP contribution in [0.15, 0.2) is 164 Å². The Hall–Kier alpha value is -5.86. The molecule has 0 saturated carbocycles. The second kappa shape index (κ2) is 9.86. The summed E-state index contributed by atoms with van der Waals surface area (Å²) in [6.45, 7) is 0. The molecule has 0 amide bonds. The molecule has 44 heavy (non-hydrogen) atoms. The lowest BCUT2D eigenvalue weighted by atomic mass is 9.89. The number of para-hydroxylation sites is 1. The van der Waals surface area contributed by atoms with Crippen LogP contribution in [0.3, 0.4) is 0 Å². The third-order valence-electron chi connectivity index (χ3n) is 8.95. The van der Waals surface area contributed by atoms with Crippen molar-refractivity contribution in [3.05, 3.63) is 164 Å². The predicted octanol–water partition coefficient (Wildman–Crippen LogP) is 12.1. The highest BCUT2D eigenvalue weighted by Crippen LogP contribution is 2.43. The van der Waals surface area contributed by atoms with Gasteiger partial charge in [-0.2, -0.15) is 0 Å². The van der Waals surface area contributed by atoms with Crippen molar-refractivity contribution in [2.45, 2.75) is 0 Å². The molecular weight excluding hydrogens is 532 g/mol. The minimum Gasteiger partial charge on any atom is -0.355 e. The van der Waals surface area contributed by atoms with Crippen LogP contribution in [0.5, 0.6) is 0 Å². The number of nitrogens with zero attached hydrogens (tertiary/aromatic N) is 1. The Bertz CT molecular complexity index is 2410. The summed E-state index contributed by atoms with van der Waals surface area (Å²) in [6, 6.07) is 59.0. The molecule has 0 aromatic heterocycles. The van der Waals surface area contributed by atoms with Crippen molar-refractivity contribution in [1.29, 1.82) is 0 Å². The number of hydrogen-bond donors (Lipinski definition) is 1. The van der Waals surface area contributed by atoms with Gasteiger partial charge in [0.2, 0.25) is 0 Å². The highest BCUT2D eigenvalue weighted by atomic mass is 15.1. The second-order valence-electron chi connectivity index (χ2n) is 11.4. The number of hydrogen-bond acceptors (Lipinski definition) is 2. The molecule has 2 nitrogen and oxygen atoms in total. The van der Waals surface area contributed by atoms with Crippen LogP contribution in [-0.2, 0) is 0 Å². The highest BCUT2D eigenvalue weighted by molar-refractivity contribution is 6.34. The molecule has 0 aliphatic heterocycles. The van der Waals surface area contributed by atoms with Gasteiger partial charge < -0.3 is 10.2 Å². The maximum Gasteiger partial charge on any atom is 0.0540 e. The van der Waals surface area contributed by atoms with Gasteiger partial charge in [-0.3, -0.25) is 0 Å². The van der Waals surface area contributed by atoms with Crippen LogP contribution in [0, 0.1) is 0 Å². The van der Waals surface area contributed by atoms with E-state index in [9.17, 15) is 0 Å². The lowest BCUT2D eigenvalue weighted by molar-refractivity contribution is 1.30. The van der Waals surface area contributed by atoms with Crippen LogP contribution in [0.25, 0.3) is 53.9 Å². The SMILES string of the molecule is c1ccc(N(c2ccc(Nc3ccc4c5cccc6cccc(c7cccc3c74)c65)cc2)c2cccc3ccccc23)cc1. The highest BCUT2D eigenvalue weighted by Gasteiger charge is 2.16. The standard InChI is InChI=1S/C42H28N2/c1-2-14-31(15-3-1)44(40-21-8-11-28-10-4-5-16-33(28)40)32-24-22-30(23-25-32)43-39-27-26-37-35-18-7-13-29-12-6-17-34(41(29)35)36-19-9-20-38(39)42(36)37/h1-27,43H. The van der Waals surface area contributed by atoms with E-state index in [-0.39, 0.29) is 0 Å². The fourth-order valence-electron chi connectivity index (χ4n) is 7.01. The summed E-state index contributed by atoms with van der Waals surface area (Å²) in [5, 5.41) is 16.6. The van der Waals surface area contributed by atoms with E-state index >= 15 is 0 Å². The van der Waals surface area contributed by atoms with Crippen molar-refractivity contribution in [3.63, 3.8) is 0 Å². The quantitative estimate of drug-likeness (QED) is 0.166. The monoisotopic (exact) mass is 560 g/mol. The van der Waals surface area contributed by atoms with Gasteiger partial charge in [0.05, 0.1) is 5.69 Å². The normalized spacial score (nSPS) is 11.6. The molecular formula is C42H28N2. The molecule has 206 valence electrons. The van der Waals surface area contributed by atoms with Gasteiger partial charge in [0.15, 0.2) is 0 Å². The fraction of sp³-hybridized carbons (Fsp3) is 0. The van der Waals surface area contributed by atoms with Crippen LogP contribution in [0.2, 0.25) is 0 Å².